The van der Waals surface area contributed by atoms with Crippen molar-refractivity contribution in [2.75, 3.05) is 0 Å². The summed E-state index contributed by atoms with van der Waals surface area (Å²) < 4.78 is 16.0. The molecule has 1 aromatic carbocycles. The average Bonchev–Trinajstić information content (AvgIpc) is 3.06. The third-order valence-electron chi connectivity index (χ3n) is 4.91. The van der Waals surface area contributed by atoms with Gasteiger partial charge in [-0.15, -0.1) is 0 Å². The van der Waals surface area contributed by atoms with Crippen LogP contribution in [0, 0.1) is 5.82 Å². The Bertz CT molecular complexity index is 945. The Kier molecular flexibility index (Phi) is 6.46. The average molecular weight is 492 g/mol. The number of unbranched alkanes of at least 4 members (excludes halogenated alkanes) is 3. The van der Waals surface area contributed by atoms with Gasteiger partial charge >= 0.3 is 170 Å². The van der Waals surface area contributed by atoms with Gasteiger partial charge < -0.3 is 0 Å². The van der Waals surface area contributed by atoms with Gasteiger partial charge in [-0.3, -0.25) is 0 Å². The molecule has 2 aromatic heterocycles. The summed E-state index contributed by atoms with van der Waals surface area (Å²) in [4.78, 5) is 12.6. The molecule has 0 aliphatic carbocycles. The van der Waals surface area contributed by atoms with Crippen molar-refractivity contribution in [3.8, 4) is 16.2 Å². The summed E-state index contributed by atoms with van der Waals surface area (Å²) in [6, 6.07) is 7.65. The maximum atomic E-state index is 14.4. The molecule has 2 heterocycles. The Balaban J connectivity index is 2.14. The molecule has 0 fully saturated rings. The molecule has 2 nitrogen and oxygen atoms in total. The normalized spacial score (nSPS) is 12.0. The molecule has 0 aliphatic rings. The second-order valence-electron chi connectivity index (χ2n) is 8.18. The minimum absolute atomic E-state index is 0.346. The van der Waals surface area contributed by atoms with Crippen LogP contribution in [0.5, 0.6) is 5.75 Å². The van der Waals surface area contributed by atoms with E-state index in [0.29, 0.717) is 5.52 Å². The van der Waals surface area contributed by atoms with Gasteiger partial charge in [0, 0.05) is 0 Å². The van der Waals surface area contributed by atoms with Crippen LogP contribution in [0.3, 0.4) is 0 Å². The fraction of sp³-hybridized carbons (Fsp3) is 0.409. The van der Waals surface area contributed by atoms with Gasteiger partial charge in [-0.25, -0.2) is 0 Å². The number of rotatable bonds is 7. The number of nitrogens with zero attached hydrogens (tertiary/aromatic N) is 1. The summed E-state index contributed by atoms with van der Waals surface area (Å²) in [5.41, 5.74) is 2.54. The van der Waals surface area contributed by atoms with E-state index in [-0.39, 0.29) is 5.75 Å². The molecule has 3 rings (SSSR count). The molecule has 0 saturated carbocycles. The van der Waals surface area contributed by atoms with Crippen LogP contribution in [0.1, 0.15) is 38.2 Å². The second-order valence-corrected chi connectivity index (χ2v) is 24.6. The van der Waals surface area contributed by atoms with Gasteiger partial charge in [-0.2, -0.15) is 0 Å². The number of hydrogen-bond donors (Lipinski definition) is 1. The number of phenolic OH excluding ortho intramolecular Hbond substituents is 1. The van der Waals surface area contributed by atoms with Crippen molar-refractivity contribution in [3.05, 3.63) is 41.8 Å². The van der Waals surface area contributed by atoms with Gasteiger partial charge in [0.05, 0.1) is 0 Å². The van der Waals surface area contributed by atoms with Crippen LogP contribution in [0.4, 0.5) is 4.39 Å². The van der Waals surface area contributed by atoms with Gasteiger partial charge in [-0.1, -0.05) is 0 Å². The van der Waals surface area contributed by atoms with E-state index >= 15 is 0 Å². The number of aryl methyl sites for hydroxylation is 1. The van der Waals surface area contributed by atoms with Crippen LogP contribution in [0.2, 0.25) is 14.8 Å². The molecular formula is C22H28FNOSSn. The molecule has 1 N–H and O–H groups in total. The molecule has 0 radical (unpaired) electrons. The number of benzene rings is 1. The number of thiophene rings is 1. The molecule has 0 saturated heterocycles. The molecule has 0 aliphatic heterocycles. The van der Waals surface area contributed by atoms with Crippen molar-refractivity contribution in [1.29, 1.82) is 0 Å². The number of aromatic nitrogens is 1. The summed E-state index contributed by atoms with van der Waals surface area (Å²) >= 11 is -0.406. The monoisotopic (exact) mass is 493 g/mol. The quantitative estimate of drug-likeness (QED) is 0.303. The van der Waals surface area contributed by atoms with E-state index in [1.807, 2.05) is 23.5 Å². The van der Waals surface area contributed by atoms with Gasteiger partial charge in [0.15, 0.2) is 0 Å². The van der Waals surface area contributed by atoms with Crippen molar-refractivity contribution < 1.29 is 9.50 Å². The third-order valence-corrected chi connectivity index (χ3v) is 15.5. The predicted molar refractivity (Wildman–Crippen MR) is 118 cm³/mol. The Morgan fingerprint density at radius 2 is 1.93 bits per heavy atom. The van der Waals surface area contributed by atoms with E-state index in [1.165, 1.54) is 33.8 Å². The van der Waals surface area contributed by atoms with Crippen molar-refractivity contribution >= 4 is 43.5 Å². The molecule has 144 valence electrons. The van der Waals surface area contributed by atoms with Gasteiger partial charge in [-0.05, 0) is 0 Å². The molecule has 0 atom stereocenters. The van der Waals surface area contributed by atoms with Crippen LogP contribution in [-0.2, 0) is 6.42 Å². The Hall–Kier alpha value is -1.14. The number of pyridine rings is 1. The Morgan fingerprint density at radius 3 is 2.63 bits per heavy atom. The third kappa shape index (κ3) is 4.48. The number of aromatic hydroxyl groups is 1. The summed E-state index contributed by atoms with van der Waals surface area (Å²) in [6.07, 6.45) is 7.49. The summed E-state index contributed by atoms with van der Waals surface area (Å²) in [5, 5.41) is 10.9. The molecule has 0 bridgehead atoms. The topological polar surface area (TPSA) is 33.1 Å². The fourth-order valence-electron chi connectivity index (χ4n) is 3.34. The van der Waals surface area contributed by atoms with E-state index in [0.717, 1.165) is 28.7 Å². The zero-order chi connectivity index (χ0) is 19.6. The first kappa shape index (κ1) is 20.6. The maximum absolute atomic E-state index is 14.4. The second kappa shape index (κ2) is 8.48. The van der Waals surface area contributed by atoms with Crippen molar-refractivity contribution in [2.24, 2.45) is 0 Å². The zero-order valence-electron chi connectivity index (χ0n) is 16.6. The van der Waals surface area contributed by atoms with Crippen LogP contribution in [-0.4, -0.2) is 28.5 Å². The first-order valence-electron chi connectivity index (χ1n) is 9.72. The van der Waals surface area contributed by atoms with Crippen LogP contribution in [0.15, 0.2) is 30.5 Å². The van der Waals surface area contributed by atoms with Crippen molar-refractivity contribution in [3.63, 3.8) is 0 Å². The van der Waals surface area contributed by atoms with Gasteiger partial charge in [0.1, 0.15) is 0 Å². The summed E-state index contributed by atoms with van der Waals surface area (Å²) in [5.74, 6) is -0.951. The first-order valence-corrected chi connectivity index (χ1v) is 20.5. The number of phenols is 1. The molecule has 0 unspecified atom stereocenters. The van der Waals surface area contributed by atoms with E-state index in [1.54, 1.807) is 6.20 Å². The van der Waals surface area contributed by atoms with Crippen molar-refractivity contribution in [1.82, 2.24) is 4.98 Å². The first-order chi connectivity index (χ1) is 12.8. The molecule has 0 amide bonds. The summed E-state index contributed by atoms with van der Waals surface area (Å²) in [7, 11) is 0. The van der Waals surface area contributed by atoms with Crippen molar-refractivity contribution in [2.45, 2.75) is 53.8 Å². The predicted octanol–water partition coefficient (Wildman–Crippen LogP) is 6.48. The van der Waals surface area contributed by atoms with E-state index in [4.69, 9.17) is 0 Å². The Labute approximate surface area is 169 Å². The van der Waals surface area contributed by atoms with E-state index < -0.39 is 24.2 Å². The SMILES string of the molecule is CCCCCCc1c[c]([Sn]([CH3])([CH3])[CH3])sc1-c1cc(F)c(O)c2ncccc12. The van der Waals surface area contributed by atoms with Gasteiger partial charge in [0.25, 0.3) is 0 Å². The number of halogens is 1. The molecule has 27 heavy (non-hydrogen) atoms. The van der Waals surface area contributed by atoms with E-state index in [9.17, 15) is 9.50 Å². The number of hydrogen-bond acceptors (Lipinski definition) is 3. The molecule has 0 spiro atoms. The summed E-state index contributed by atoms with van der Waals surface area (Å²) in [6.45, 7) is 2.22. The fourth-order valence-corrected chi connectivity index (χ4v) is 9.87. The molecular weight excluding hydrogens is 464 g/mol. The molecule has 3 aromatic rings. The zero-order valence-corrected chi connectivity index (χ0v) is 20.3. The van der Waals surface area contributed by atoms with Crippen LogP contribution < -0.4 is 2.89 Å². The standard InChI is InChI=1S/C19H19FNOS.3CH3.Sn/c1-2-3-4-5-7-13-9-11-23-19(13)15-12-16(20)18(22)17-14(15)8-6-10-21-17;;;;/h6,8-10,12,22H,2-5,7H2,1H3;3*1H3;. The minimum atomic E-state index is -2.24. The van der Waals surface area contributed by atoms with Gasteiger partial charge in [0.2, 0.25) is 0 Å². The van der Waals surface area contributed by atoms with Crippen LogP contribution >= 0.6 is 11.3 Å². The number of fused-ring (bicyclic) bond motifs is 1. The Morgan fingerprint density at radius 1 is 1.15 bits per heavy atom. The molecule has 5 heteroatoms. The van der Waals surface area contributed by atoms with Crippen LogP contribution in [0.25, 0.3) is 21.3 Å². The van der Waals surface area contributed by atoms with E-state index in [2.05, 4.69) is 32.8 Å².